The normalized spacial score (nSPS) is 26.9. The van der Waals surface area contributed by atoms with Crippen LogP contribution in [0.2, 0.25) is 0 Å². The van der Waals surface area contributed by atoms with Crippen LogP contribution in [0, 0.1) is 11.3 Å². The monoisotopic (exact) mass is 368 g/mol. The fourth-order valence-corrected chi connectivity index (χ4v) is 4.94. The predicted molar refractivity (Wildman–Crippen MR) is 109 cm³/mol. The van der Waals surface area contributed by atoms with Crippen LogP contribution in [0.5, 0.6) is 5.75 Å². The maximum atomic E-state index is 13.2. The van der Waals surface area contributed by atoms with E-state index < -0.39 is 0 Å². The number of para-hydroxylation sites is 1. The smallest absolute Gasteiger partial charge is 0.230 e. The van der Waals surface area contributed by atoms with E-state index in [2.05, 4.69) is 28.0 Å². The van der Waals surface area contributed by atoms with Gasteiger partial charge in [0.25, 0.3) is 0 Å². The van der Waals surface area contributed by atoms with E-state index in [0.717, 1.165) is 62.8 Å². The average molecular weight is 369 g/mol. The van der Waals surface area contributed by atoms with E-state index in [4.69, 9.17) is 4.74 Å². The number of carbonyl (C=O) groups is 1. The molecule has 4 nitrogen and oxygen atoms in total. The standard InChI is InChI=1S/C23H32N2O2/c1-27-21-11-3-2-9-20(21)10-5-14-24-16-13-23(18-24)12-6-15-25(22(23)26)17-19-7-4-8-19/h2-3,5,9-11,19H,4,6-8,12-18H2,1H3. The predicted octanol–water partition coefficient (Wildman–Crippen LogP) is 3.82. The van der Waals surface area contributed by atoms with Gasteiger partial charge in [-0.1, -0.05) is 36.8 Å². The summed E-state index contributed by atoms with van der Waals surface area (Å²) >= 11 is 0. The summed E-state index contributed by atoms with van der Waals surface area (Å²) in [5, 5.41) is 0. The van der Waals surface area contributed by atoms with E-state index >= 15 is 0 Å². The minimum atomic E-state index is -0.111. The lowest BCUT2D eigenvalue weighted by atomic mass is 9.77. The van der Waals surface area contributed by atoms with Crippen molar-refractivity contribution in [2.45, 2.75) is 38.5 Å². The van der Waals surface area contributed by atoms with Crippen molar-refractivity contribution in [3.8, 4) is 5.75 Å². The first-order valence-electron chi connectivity index (χ1n) is 10.5. The largest absolute Gasteiger partial charge is 0.496 e. The van der Waals surface area contributed by atoms with Crippen LogP contribution in [0.15, 0.2) is 30.3 Å². The Hall–Kier alpha value is -1.81. The molecule has 0 bridgehead atoms. The Morgan fingerprint density at radius 1 is 1.19 bits per heavy atom. The van der Waals surface area contributed by atoms with Gasteiger partial charge in [0.05, 0.1) is 12.5 Å². The minimum Gasteiger partial charge on any atom is -0.496 e. The molecule has 1 amide bonds. The molecule has 1 atom stereocenters. The van der Waals surface area contributed by atoms with E-state index in [-0.39, 0.29) is 5.41 Å². The second-order valence-corrected chi connectivity index (χ2v) is 8.56. The van der Waals surface area contributed by atoms with Crippen molar-refractivity contribution in [2.75, 3.05) is 39.8 Å². The molecule has 2 saturated heterocycles. The van der Waals surface area contributed by atoms with Crippen LogP contribution in [0.25, 0.3) is 6.08 Å². The molecule has 3 fully saturated rings. The third-order valence-electron chi connectivity index (χ3n) is 6.76. The van der Waals surface area contributed by atoms with Gasteiger partial charge < -0.3 is 9.64 Å². The van der Waals surface area contributed by atoms with Crippen LogP contribution in [-0.4, -0.2) is 55.5 Å². The molecule has 1 aromatic rings. The van der Waals surface area contributed by atoms with Crippen molar-refractivity contribution in [3.63, 3.8) is 0 Å². The summed E-state index contributed by atoms with van der Waals surface area (Å²) in [5.41, 5.74) is 0.995. The number of piperidine rings is 1. The molecule has 27 heavy (non-hydrogen) atoms. The maximum Gasteiger partial charge on any atom is 0.230 e. The van der Waals surface area contributed by atoms with Crippen molar-refractivity contribution in [2.24, 2.45) is 11.3 Å². The molecule has 1 spiro atoms. The number of rotatable bonds is 6. The molecule has 0 N–H and O–H groups in total. The van der Waals surface area contributed by atoms with E-state index in [9.17, 15) is 4.79 Å². The number of benzene rings is 1. The van der Waals surface area contributed by atoms with Crippen molar-refractivity contribution in [3.05, 3.63) is 35.9 Å². The van der Waals surface area contributed by atoms with Gasteiger partial charge in [-0.05, 0) is 50.6 Å². The highest BCUT2D eigenvalue weighted by molar-refractivity contribution is 5.84. The van der Waals surface area contributed by atoms with Gasteiger partial charge in [-0.3, -0.25) is 9.69 Å². The van der Waals surface area contributed by atoms with Crippen LogP contribution in [0.4, 0.5) is 0 Å². The fraction of sp³-hybridized carbons (Fsp3) is 0.609. The fourth-order valence-electron chi connectivity index (χ4n) is 4.94. The third-order valence-corrected chi connectivity index (χ3v) is 6.76. The zero-order valence-corrected chi connectivity index (χ0v) is 16.5. The van der Waals surface area contributed by atoms with Crippen molar-refractivity contribution < 1.29 is 9.53 Å². The van der Waals surface area contributed by atoms with E-state index in [1.807, 2.05) is 18.2 Å². The molecule has 4 heteroatoms. The molecule has 1 aromatic carbocycles. The number of methoxy groups -OCH3 is 1. The van der Waals surface area contributed by atoms with Gasteiger partial charge in [0.2, 0.25) is 5.91 Å². The van der Waals surface area contributed by atoms with Crippen LogP contribution in [-0.2, 0) is 4.79 Å². The number of likely N-dealkylation sites (tertiary alicyclic amines) is 2. The van der Waals surface area contributed by atoms with Crippen molar-refractivity contribution >= 4 is 12.0 Å². The summed E-state index contributed by atoms with van der Waals surface area (Å²) in [4.78, 5) is 17.9. The molecule has 146 valence electrons. The summed E-state index contributed by atoms with van der Waals surface area (Å²) in [6.07, 6.45) is 11.6. The van der Waals surface area contributed by atoms with Crippen molar-refractivity contribution in [1.29, 1.82) is 0 Å². The lowest BCUT2D eigenvalue weighted by molar-refractivity contribution is -0.146. The summed E-state index contributed by atoms with van der Waals surface area (Å²) in [6, 6.07) is 8.08. The SMILES string of the molecule is COc1ccccc1C=CCN1CCC2(CCCN(CC3CCC3)C2=O)C1. The zero-order valence-electron chi connectivity index (χ0n) is 16.5. The Kier molecular flexibility index (Phi) is 5.53. The van der Waals surface area contributed by atoms with Gasteiger partial charge >= 0.3 is 0 Å². The number of carbonyl (C=O) groups excluding carboxylic acids is 1. The number of amides is 1. The van der Waals surface area contributed by atoms with Crippen LogP contribution in [0.3, 0.4) is 0 Å². The number of ether oxygens (including phenoxy) is 1. The summed E-state index contributed by atoms with van der Waals surface area (Å²) in [7, 11) is 1.71. The zero-order chi connectivity index (χ0) is 18.7. The molecule has 1 saturated carbocycles. The van der Waals surface area contributed by atoms with Crippen LogP contribution >= 0.6 is 0 Å². The summed E-state index contributed by atoms with van der Waals surface area (Å²) in [5.74, 6) is 2.11. The van der Waals surface area contributed by atoms with E-state index in [0.29, 0.717) is 5.91 Å². The lowest BCUT2D eigenvalue weighted by Crippen LogP contribution is -2.51. The Balaban J connectivity index is 1.34. The highest BCUT2D eigenvalue weighted by atomic mass is 16.5. The molecule has 0 aromatic heterocycles. The Labute approximate surface area is 163 Å². The Morgan fingerprint density at radius 2 is 2.04 bits per heavy atom. The van der Waals surface area contributed by atoms with Crippen LogP contribution in [0.1, 0.15) is 44.1 Å². The first-order chi connectivity index (χ1) is 13.2. The first-order valence-corrected chi connectivity index (χ1v) is 10.5. The van der Waals surface area contributed by atoms with Gasteiger partial charge in [0.1, 0.15) is 5.75 Å². The second kappa shape index (κ2) is 8.05. The molecular formula is C23H32N2O2. The molecular weight excluding hydrogens is 336 g/mol. The quantitative estimate of drug-likeness (QED) is 0.765. The van der Waals surface area contributed by atoms with Gasteiger partial charge in [-0.15, -0.1) is 0 Å². The molecule has 3 aliphatic rings. The molecule has 1 aliphatic carbocycles. The number of hydrogen-bond acceptors (Lipinski definition) is 3. The van der Waals surface area contributed by atoms with Gasteiger partial charge in [-0.2, -0.15) is 0 Å². The van der Waals surface area contributed by atoms with E-state index in [1.165, 1.54) is 25.7 Å². The third kappa shape index (κ3) is 3.91. The average Bonchev–Trinajstić information content (AvgIpc) is 3.06. The van der Waals surface area contributed by atoms with E-state index in [1.54, 1.807) is 7.11 Å². The number of hydrogen-bond donors (Lipinski definition) is 0. The molecule has 4 rings (SSSR count). The lowest BCUT2D eigenvalue weighted by Gasteiger charge is -2.42. The topological polar surface area (TPSA) is 32.8 Å². The number of nitrogens with zero attached hydrogens (tertiary/aromatic N) is 2. The summed E-state index contributed by atoms with van der Waals surface area (Å²) < 4.78 is 5.41. The second-order valence-electron chi connectivity index (χ2n) is 8.56. The first kappa shape index (κ1) is 18.5. The van der Waals surface area contributed by atoms with Crippen LogP contribution < -0.4 is 4.74 Å². The van der Waals surface area contributed by atoms with Gasteiger partial charge in [-0.25, -0.2) is 0 Å². The van der Waals surface area contributed by atoms with Crippen molar-refractivity contribution in [1.82, 2.24) is 9.80 Å². The van der Waals surface area contributed by atoms with Gasteiger partial charge in [0.15, 0.2) is 0 Å². The molecule has 0 radical (unpaired) electrons. The Morgan fingerprint density at radius 3 is 2.81 bits per heavy atom. The molecule has 2 heterocycles. The summed E-state index contributed by atoms with van der Waals surface area (Å²) in [6.45, 7) is 4.83. The highest BCUT2D eigenvalue weighted by Crippen LogP contribution is 2.41. The Bertz CT molecular complexity index is 697. The minimum absolute atomic E-state index is 0.111. The highest BCUT2D eigenvalue weighted by Gasteiger charge is 2.48. The molecule has 2 aliphatic heterocycles. The van der Waals surface area contributed by atoms with Gasteiger partial charge in [0, 0.05) is 31.7 Å². The maximum absolute atomic E-state index is 13.2. The molecule has 1 unspecified atom stereocenters.